The van der Waals surface area contributed by atoms with Crippen LogP contribution >= 0.6 is 11.6 Å². The van der Waals surface area contributed by atoms with E-state index in [1.54, 1.807) is 30.3 Å². The average molecular weight is 419 g/mol. The molecule has 2 aromatic carbocycles. The Morgan fingerprint density at radius 3 is 2.45 bits per heavy atom. The highest BCUT2D eigenvalue weighted by Crippen LogP contribution is 2.22. The van der Waals surface area contributed by atoms with Gasteiger partial charge in [-0.3, -0.25) is 14.4 Å². The number of hydrogen-bond donors (Lipinski definition) is 2. The van der Waals surface area contributed by atoms with Crippen molar-refractivity contribution in [1.29, 1.82) is 0 Å². The first-order chi connectivity index (χ1) is 13.8. The minimum atomic E-state index is -0.960. The van der Waals surface area contributed by atoms with Crippen LogP contribution in [-0.4, -0.2) is 30.5 Å². The van der Waals surface area contributed by atoms with Crippen LogP contribution in [0.3, 0.4) is 0 Å². The Balaban J connectivity index is 1.72. The van der Waals surface area contributed by atoms with Gasteiger partial charge in [0, 0.05) is 22.7 Å². The molecule has 0 saturated heterocycles. The number of amides is 2. The van der Waals surface area contributed by atoms with E-state index >= 15 is 0 Å². The van der Waals surface area contributed by atoms with E-state index in [-0.39, 0.29) is 6.42 Å². The fourth-order valence-corrected chi connectivity index (χ4v) is 2.67. The third-order valence-corrected chi connectivity index (χ3v) is 4.27. The Morgan fingerprint density at radius 1 is 1.14 bits per heavy atom. The molecule has 2 aromatic rings. The first-order valence-corrected chi connectivity index (χ1v) is 9.43. The van der Waals surface area contributed by atoms with E-state index in [1.165, 1.54) is 19.1 Å². The maximum Gasteiger partial charge on any atom is 0.306 e. The highest BCUT2D eigenvalue weighted by atomic mass is 35.5. The quantitative estimate of drug-likeness (QED) is 0.478. The summed E-state index contributed by atoms with van der Waals surface area (Å²) < 4.78 is 10.8. The van der Waals surface area contributed by atoms with Crippen LogP contribution in [0.1, 0.15) is 35.7 Å². The molecule has 7 nitrogen and oxygen atoms in total. The predicted octanol–water partition coefficient (Wildman–Crippen LogP) is 3.48. The van der Waals surface area contributed by atoms with Gasteiger partial charge in [-0.05, 0) is 68.3 Å². The van der Waals surface area contributed by atoms with Gasteiger partial charge in [0.1, 0.15) is 5.75 Å². The molecule has 0 fully saturated rings. The molecular formula is C21H23ClN2O5. The van der Waals surface area contributed by atoms with Crippen LogP contribution in [0.25, 0.3) is 0 Å². The smallest absolute Gasteiger partial charge is 0.306 e. The molecule has 0 aliphatic carbocycles. The summed E-state index contributed by atoms with van der Waals surface area (Å²) in [5.41, 5.74) is 6.88. The molecule has 0 aliphatic heterocycles. The first kappa shape index (κ1) is 22.2. The van der Waals surface area contributed by atoms with Gasteiger partial charge in [0.2, 0.25) is 5.91 Å². The highest BCUT2D eigenvalue weighted by molar-refractivity contribution is 6.30. The molecule has 0 heterocycles. The van der Waals surface area contributed by atoms with E-state index in [1.807, 2.05) is 6.92 Å². The van der Waals surface area contributed by atoms with E-state index < -0.39 is 23.9 Å². The second-order valence-corrected chi connectivity index (χ2v) is 6.86. The molecule has 3 N–H and O–H groups in total. The number of carbonyl (C=O) groups excluding carboxylic acids is 3. The van der Waals surface area contributed by atoms with Crippen molar-refractivity contribution in [3.8, 4) is 5.75 Å². The fourth-order valence-electron chi connectivity index (χ4n) is 2.44. The van der Waals surface area contributed by atoms with Crippen LogP contribution in [0.2, 0.25) is 5.02 Å². The molecule has 0 spiro atoms. The molecule has 0 saturated carbocycles. The molecule has 1 atom stereocenters. The minimum absolute atomic E-state index is 0.123. The molecule has 0 aliphatic rings. The monoisotopic (exact) mass is 418 g/mol. The van der Waals surface area contributed by atoms with Gasteiger partial charge in [0.25, 0.3) is 5.91 Å². The lowest BCUT2D eigenvalue weighted by Gasteiger charge is -2.14. The lowest BCUT2D eigenvalue weighted by Crippen LogP contribution is -2.30. The van der Waals surface area contributed by atoms with Crippen LogP contribution in [0.15, 0.2) is 42.5 Å². The Labute approximate surface area is 174 Å². The molecule has 8 heteroatoms. The zero-order valence-corrected chi connectivity index (χ0v) is 17.0. The summed E-state index contributed by atoms with van der Waals surface area (Å²) in [6, 6.07) is 11.4. The molecule has 0 aromatic heterocycles. The number of nitrogens with two attached hydrogens (primary N) is 1. The van der Waals surface area contributed by atoms with E-state index in [0.29, 0.717) is 35.1 Å². The van der Waals surface area contributed by atoms with E-state index in [4.69, 9.17) is 26.8 Å². The number of primary amides is 1. The lowest BCUT2D eigenvalue weighted by molar-refractivity contribution is -0.153. The molecule has 2 rings (SSSR count). The van der Waals surface area contributed by atoms with E-state index in [9.17, 15) is 14.4 Å². The number of hydrogen-bond acceptors (Lipinski definition) is 5. The number of nitrogens with one attached hydrogen (secondary N) is 1. The summed E-state index contributed by atoms with van der Waals surface area (Å²) in [4.78, 5) is 35.1. The van der Waals surface area contributed by atoms with Gasteiger partial charge in [0.15, 0.2) is 6.10 Å². The Bertz CT molecular complexity index is 883. The van der Waals surface area contributed by atoms with Crippen LogP contribution in [0.4, 0.5) is 5.69 Å². The third-order valence-electron chi connectivity index (χ3n) is 4.03. The number of halogens is 1. The van der Waals surface area contributed by atoms with Gasteiger partial charge >= 0.3 is 5.97 Å². The summed E-state index contributed by atoms with van der Waals surface area (Å²) in [7, 11) is 0. The van der Waals surface area contributed by atoms with Gasteiger partial charge in [-0.25, -0.2) is 0 Å². The number of aryl methyl sites for hydroxylation is 1. The van der Waals surface area contributed by atoms with Crippen LogP contribution in [-0.2, 0) is 14.3 Å². The van der Waals surface area contributed by atoms with Crippen LogP contribution in [0.5, 0.6) is 5.75 Å². The molecule has 2 amide bonds. The number of esters is 1. The second kappa shape index (κ2) is 10.5. The predicted molar refractivity (Wildman–Crippen MR) is 110 cm³/mol. The number of carbonyl (C=O) groups is 3. The van der Waals surface area contributed by atoms with Gasteiger partial charge < -0.3 is 20.5 Å². The van der Waals surface area contributed by atoms with Crippen LogP contribution in [0, 0.1) is 6.92 Å². The van der Waals surface area contributed by atoms with Crippen molar-refractivity contribution in [2.75, 3.05) is 11.9 Å². The molecule has 0 bridgehead atoms. The van der Waals surface area contributed by atoms with E-state index in [0.717, 1.165) is 5.56 Å². The Morgan fingerprint density at radius 2 is 1.83 bits per heavy atom. The highest BCUT2D eigenvalue weighted by Gasteiger charge is 2.18. The molecule has 0 radical (unpaired) electrons. The van der Waals surface area contributed by atoms with Crippen molar-refractivity contribution in [3.05, 3.63) is 58.6 Å². The van der Waals surface area contributed by atoms with Crippen molar-refractivity contribution in [3.63, 3.8) is 0 Å². The first-order valence-electron chi connectivity index (χ1n) is 9.05. The van der Waals surface area contributed by atoms with Crippen molar-refractivity contribution in [2.45, 2.75) is 32.8 Å². The summed E-state index contributed by atoms with van der Waals surface area (Å²) in [6.07, 6.45) is -0.390. The summed E-state index contributed by atoms with van der Waals surface area (Å²) in [5.74, 6) is -0.815. The fraction of sp³-hybridized carbons (Fsp3) is 0.286. The number of ether oxygens (including phenoxy) is 2. The van der Waals surface area contributed by atoms with Crippen molar-refractivity contribution in [1.82, 2.24) is 0 Å². The summed E-state index contributed by atoms with van der Waals surface area (Å²) >= 11 is 5.90. The van der Waals surface area contributed by atoms with E-state index in [2.05, 4.69) is 5.32 Å². The van der Waals surface area contributed by atoms with Gasteiger partial charge in [0.05, 0.1) is 6.61 Å². The zero-order chi connectivity index (χ0) is 21.4. The standard InChI is InChI=1S/C21H23ClN2O5/c1-13-12-16(22)7-10-18(13)28-11-3-4-19(25)29-14(2)21(27)24-17-8-5-15(6-9-17)20(23)26/h5-10,12,14H,3-4,11H2,1-2H3,(H2,23,26)(H,24,27)/t14-/m0/s1. The maximum atomic E-state index is 12.1. The summed E-state index contributed by atoms with van der Waals surface area (Å²) in [5, 5.41) is 3.24. The van der Waals surface area contributed by atoms with Crippen LogP contribution < -0.4 is 15.8 Å². The number of rotatable bonds is 9. The molecule has 154 valence electrons. The zero-order valence-electron chi connectivity index (χ0n) is 16.2. The molecular weight excluding hydrogens is 396 g/mol. The Kier molecular flexibility index (Phi) is 8.03. The minimum Gasteiger partial charge on any atom is -0.493 e. The van der Waals surface area contributed by atoms with Gasteiger partial charge in [-0.2, -0.15) is 0 Å². The molecule has 0 unspecified atom stereocenters. The van der Waals surface area contributed by atoms with Gasteiger partial charge in [-0.1, -0.05) is 11.6 Å². The topological polar surface area (TPSA) is 108 Å². The summed E-state index contributed by atoms with van der Waals surface area (Å²) in [6.45, 7) is 3.71. The third kappa shape index (κ3) is 7.12. The normalized spacial score (nSPS) is 11.4. The van der Waals surface area contributed by atoms with Crippen molar-refractivity contribution >= 4 is 35.1 Å². The molecule has 29 heavy (non-hydrogen) atoms. The number of anilines is 1. The SMILES string of the molecule is Cc1cc(Cl)ccc1OCCCC(=O)O[C@@H](C)C(=O)Nc1ccc(C(N)=O)cc1. The number of benzene rings is 2. The van der Waals surface area contributed by atoms with Gasteiger partial charge in [-0.15, -0.1) is 0 Å². The van der Waals surface area contributed by atoms with Crippen molar-refractivity contribution in [2.24, 2.45) is 5.73 Å². The Hall–Kier alpha value is -3.06. The largest absolute Gasteiger partial charge is 0.493 e. The van der Waals surface area contributed by atoms with Crippen molar-refractivity contribution < 1.29 is 23.9 Å². The average Bonchev–Trinajstić information content (AvgIpc) is 2.67. The second-order valence-electron chi connectivity index (χ2n) is 6.42. The maximum absolute atomic E-state index is 12.1. The lowest BCUT2D eigenvalue weighted by atomic mass is 10.2.